The predicted octanol–water partition coefficient (Wildman–Crippen LogP) is 2.07. The van der Waals surface area contributed by atoms with Gasteiger partial charge in [-0.25, -0.2) is 0 Å². The van der Waals surface area contributed by atoms with Crippen molar-refractivity contribution >= 4 is 11.8 Å². The number of piperazine rings is 1. The van der Waals surface area contributed by atoms with Crippen LogP contribution in [0.1, 0.15) is 12.5 Å². The fourth-order valence-electron chi connectivity index (χ4n) is 3.09. The molecule has 1 fully saturated rings. The molecule has 1 aliphatic heterocycles. The van der Waals surface area contributed by atoms with Gasteiger partial charge in [-0.05, 0) is 36.8 Å². The summed E-state index contributed by atoms with van der Waals surface area (Å²) in [6.07, 6.45) is -0.240. The van der Waals surface area contributed by atoms with Crippen molar-refractivity contribution in [3.63, 3.8) is 0 Å². The van der Waals surface area contributed by atoms with Crippen LogP contribution in [-0.4, -0.2) is 59.0 Å². The first-order valence-corrected chi connectivity index (χ1v) is 9.09. The van der Waals surface area contributed by atoms with Gasteiger partial charge in [0.15, 0.2) is 6.10 Å². The van der Waals surface area contributed by atoms with Crippen LogP contribution in [0.25, 0.3) is 0 Å². The van der Waals surface area contributed by atoms with Crippen LogP contribution >= 0.6 is 0 Å². The molecule has 1 atom stereocenters. The average molecular weight is 368 g/mol. The van der Waals surface area contributed by atoms with E-state index in [0.717, 1.165) is 5.56 Å². The smallest absolute Gasteiger partial charge is 0.263 e. The second-order valence-corrected chi connectivity index (χ2v) is 6.62. The monoisotopic (exact) mass is 368 g/mol. The molecule has 142 valence electrons. The molecule has 2 aromatic rings. The summed E-state index contributed by atoms with van der Waals surface area (Å²) in [7, 11) is 0. The lowest BCUT2D eigenvalue weighted by Crippen LogP contribution is -2.53. The van der Waals surface area contributed by atoms with Gasteiger partial charge in [-0.15, -0.1) is 0 Å². The first kappa shape index (κ1) is 18.8. The number of ether oxygens (including phenoxy) is 1. The molecule has 6 nitrogen and oxygen atoms in total. The highest BCUT2D eigenvalue weighted by Gasteiger charge is 2.27. The summed E-state index contributed by atoms with van der Waals surface area (Å²) >= 11 is 0. The molecule has 1 N–H and O–H groups in total. The minimum Gasteiger partial charge on any atom is -0.508 e. The molecule has 0 aromatic heterocycles. The van der Waals surface area contributed by atoms with Crippen molar-refractivity contribution in [2.24, 2.45) is 0 Å². The number of hydrogen-bond acceptors (Lipinski definition) is 4. The van der Waals surface area contributed by atoms with E-state index in [9.17, 15) is 14.7 Å². The quantitative estimate of drug-likeness (QED) is 0.877. The zero-order valence-electron chi connectivity index (χ0n) is 15.4. The minimum absolute atomic E-state index is 0.0849. The Morgan fingerprint density at radius 1 is 0.963 bits per heavy atom. The standard InChI is InChI=1S/C21H24N2O4/c1-16(27-19-9-7-18(24)8-10-19)21(26)23-13-11-22(12-14-23)20(25)15-17-5-3-2-4-6-17/h2-10,16,24H,11-15H2,1H3. The summed E-state index contributed by atoms with van der Waals surface area (Å²) in [6.45, 7) is 3.78. The van der Waals surface area contributed by atoms with E-state index >= 15 is 0 Å². The summed E-state index contributed by atoms with van der Waals surface area (Å²) < 4.78 is 5.65. The molecule has 0 bridgehead atoms. The van der Waals surface area contributed by atoms with Gasteiger partial charge in [0.05, 0.1) is 6.42 Å². The van der Waals surface area contributed by atoms with Crippen molar-refractivity contribution in [1.82, 2.24) is 9.80 Å². The van der Waals surface area contributed by atoms with Gasteiger partial charge < -0.3 is 19.6 Å². The molecule has 0 saturated carbocycles. The maximum absolute atomic E-state index is 12.6. The van der Waals surface area contributed by atoms with E-state index in [1.807, 2.05) is 35.2 Å². The van der Waals surface area contributed by atoms with Crippen LogP contribution in [0.3, 0.4) is 0 Å². The minimum atomic E-state index is -0.624. The van der Waals surface area contributed by atoms with Crippen molar-refractivity contribution in [2.75, 3.05) is 26.2 Å². The van der Waals surface area contributed by atoms with Crippen LogP contribution in [0.15, 0.2) is 54.6 Å². The van der Waals surface area contributed by atoms with E-state index in [2.05, 4.69) is 0 Å². The van der Waals surface area contributed by atoms with Crippen LogP contribution in [0.5, 0.6) is 11.5 Å². The van der Waals surface area contributed by atoms with Gasteiger partial charge in [0.1, 0.15) is 11.5 Å². The molecule has 27 heavy (non-hydrogen) atoms. The molecule has 2 aromatic carbocycles. The summed E-state index contributed by atoms with van der Waals surface area (Å²) in [5, 5.41) is 9.30. The lowest BCUT2D eigenvalue weighted by Gasteiger charge is -2.36. The SMILES string of the molecule is CC(Oc1ccc(O)cc1)C(=O)N1CCN(C(=O)Cc2ccccc2)CC1. The fourth-order valence-corrected chi connectivity index (χ4v) is 3.09. The van der Waals surface area contributed by atoms with E-state index in [4.69, 9.17) is 4.74 Å². The second kappa shape index (κ2) is 8.58. The Kier molecular flexibility index (Phi) is 5.96. The number of carbonyl (C=O) groups excluding carboxylic acids is 2. The van der Waals surface area contributed by atoms with Gasteiger partial charge in [-0.3, -0.25) is 9.59 Å². The topological polar surface area (TPSA) is 70.1 Å². The Balaban J connectivity index is 1.48. The molecular formula is C21H24N2O4. The largest absolute Gasteiger partial charge is 0.508 e. The number of phenolic OH excluding ortho intramolecular Hbond substituents is 1. The van der Waals surface area contributed by atoms with Crippen molar-refractivity contribution in [3.05, 3.63) is 60.2 Å². The molecule has 1 aliphatic rings. The van der Waals surface area contributed by atoms with Crippen LogP contribution in [0, 0.1) is 0 Å². The Labute approximate surface area is 159 Å². The first-order valence-electron chi connectivity index (χ1n) is 9.09. The van der Waals surface area contributed by atoms with E-state index in [1.54, 1.807) is 24.0 Å². The summed E-state index contributed by atoms with van der Waals surface area (Å²) in [5.41, 5.74) is 0.997. The number of nitrogens with zero attached hydrogens (tertiary/aromatic N) is 2. The van der Waals surface area contributed by atoms with Crippen molar-refractivity contribution < 1.29 is 19.4 Å². The number of rotatable bonds is 5. The van der Waals surface area contributed by atoms with Gasteiger partial charge in [0.25, 0.3) is 5.91 Å². The van der Waals surface area contributed by atoms with Crippen molar-refractivity contribution in [2.45, 2.75) is 19.4 Å². The highest BCUT2D eigenvalue weighted by atomic mass is 16.5. The number of benzene rings is 2. The molecule has 1 unspecified atom stereocenters. The van der Waals surface area contributed by atoms with Crippen molar-refractivity contribution in [3.8, 4) is 11.5 Å². The van der Waals surface area contributed by atoms with Gasteiger partial charge in [-0.1, -0.05) is 30.3 Å². The fraction of sp³-hybridized carbons (Fsp3) is 0.333. The predicted molar refractivity (Wildman–Crippen MR) is 102 cm³/mol. The molecule has 3 rings (SSSR count). The van der Waals surface area contributed by atoms with Crippen molar-refractivity contribution in [1.29, 1.82) is 0 Å². The summed E-state index contributed by atoms with van der Waals surface area (Å²) in [4.78, 5) is 28.6. The number of phenols is 1. The Bertz CT molecular complexity index is 769. The molecule has 0 aliphatic carbocycles. The van der Waals surface area contributed by atoms with Gasteiger partial charge >= 0.3 is 0 Å². The third-order valence-electron chi connectivity index (χ3n) is 4.64. The Morgan fingerprint density at radius 3 is 2.19 bits per heavy atom. The molecule has 1 saturated heterocycles. The Hall–Kier alpha value is -3.02. The van der Waals surface area contributed by atoms with E-state index in [0.29, 0.717) is 38.3 Å². The molecule has 2 amide bonds. The summed E-state index contributed by atoms with van der Waals surface area (Å²) in [5.74, 6) is 0.669. The first-order chi connectivity index (χ1) is 13.0. The van der Waals surface area contributed by atoms with Crippen LogP contribution in [0.4, 0.5) is 0 Å². The van der Waals surface area contributed by atoms with Gasteiger partial charge in [-0.2, -0.15) is 0 Å². The lowest BCUT2D eigenvalue weighted by molar-refractivity contribution is -0.143. The van der Waals surface area contributed by atoms with E-state index < -0.39 is 6.10 Å². The zero-order valence-corrected chi connectivity index (χ0v) is 15.4. The third-order valence-corrected chi connectivity index (χ3v) is 4.64. The zero-order chi connectivity index (χ0) is 19.2. The number of amides is 2. The molecule has 1 heterocycles. The van der Waals surface area contributed by atoms with Gasteiger partial charge in [0.2, 0.25) is 5.91 Å². The Morgan fingerprint density at radius 2 is 1.56 bits per heavy atom. The van der Waals surface area contributed by atoms with E-state index in [1.165, 1.54) is 12.1 Å². The summed E-state index contributed by atoms with van der Waals surface area (Å²) in [6, 6.07) is 16.0. The number of hydrogen-bond donors (Lipinski definition) is 1. The molecule has 0 radical (unpaired) electrons. The maximum Gasteiger partial charge on any atom is 0.263 e. The molecular weight excluding hydrogens is 344 g/mol. The second-order valence-electron chi connectivity index (χ2n) is 6.62. The number of aromatic hydroxyl groups is 1. The highest BCUT2D eigenvalue weighted by molar-refractivity contribution is 5.82. The number of carbonyl (C=O) groups is 2. The third kappa shape index (κ3) is 5.00. The van der Waals surface area contributed by atoms with Crippen LogP contribution < -0.4 is 4.74 Å². The lowest BCUT2D eigenvalue weighted by atomic mass is 10.1. The normalized spacial score (nSPS) is 15.3. The van der Waals surface area contributed by atoms with Crippen LogP contribution in [-0.2, 0) is 16.0 Å². The molecule has 0 spiro atoms. The average Bonchev–Trinajstić information content (AvgIpc) is 2.70. The maximum atomic E-state index is 12.6. The van der Waals surface area contributed by atoms with Crippen LogP contribution in [0.2, 0.25) is 0 Å². The van der Waals surface area contributed by atoms with Gasteiger partial charge in [0, 0.05) is 26.2 Å². The highest BCUT2D eigenvalue weighted by Crippen LogP contribution is 2.18. The molecule has 6 heteroatoms. The van der Waals surface area contributed by atoms with E-state index in [-0.39, 0.29) is 17.6 Å².